The number of nitrogens with zero attached hydrogens (tertiary/aromatic N) is 1. The van der Waals surface area contributed by atoms with Crippen LogP contribution in [0.1, 0.15) is 38.8 Å². The Balaban J connectivity index is 2.24. The molecule has 0 aliphatic heterocycles. The van der Waals surface area contributed by atoms with Gasteiger partial charge >= 0.3 is 5.97 Å². The minimum atomic E-state index is -0.883. The van der Waals surface area contributed by atoms with Gasteiger partial charge in [0.15, 0.2) is 0 Å². The first-order valence-electron chi connectivity index (χ1n) is 6.10. The van der Waals surface area contributed by atoms with Crippen LogP contribution in [0, 0.1) is 13.8 Å². The van der Waals surface area contributed by atoms with E-state index in [-0.39, 0.29) is 6.04 Å². The summed E-state index contributed by atoms with van der Waals surface area (Å²) in [6.45, 7) is 5.69. The number of thiophene rings is 1. The second-order valence-corrected chi connectivity index (χ2v) is 6.14. The molecule has 0 bridgehead atoms. The van der Waals surface area contributed by atoms with Crippen LogP contribution in [-0.4, -0.2) is 16.1 Å². The first kappa shape index (κ1) is 14.8. The molecule has 0 aromatic carbocycles. The third-order valence-electron chi connectivity index (χ3n) is 2.98. The molecule has 2 rings (SSSR count). The summed E-state index contributed by atoms with van der Waals surface area (Å²) in [5.41, 5.74) is 2.49. The third kappa shape index (κ3) is 3.11. The number of carboxylic acid groups (broad SMARTS) is 1. The number of nitrogens with one attached hydrogen (secondary N) is 1. The number of carbonyl (C=O) groups is 1. The fourth-order valence-electron chi connectivity index (χ4n) is 1.89. The van der Waals surface area contributed by atoms with E-state index in [4.69, 9.17) is 16.7 Å². The number of halogens is 1. The molecular weight excluding hydrogens is 296 g/mol. The van der Waals surface area contributed by atoms with Gasteiger partial charge < -0.3 is 10.4 Å². The minimum Gasteiger partial charge on any atom is -0.477 e. The van der Waals surface area contributed by atoms with Gasteiger partial charge in [-0.15, -0.1) is 11.3 Å². The summed E-state index contributed by atoms with van der Waals surface area (Å²) in [5.74, 6) is -0.883. The molecule has 0 radical (unpaired) electrons. The zero-order valence-corrected chi connectivity index (χ0v) is 13.0. The molecule has 0 aliphatic rings. The maximum Gasteiger partial charge on any atom is 0.346 e. The molecule has 2 N–H and O–H groups in total. The van der Waals surface area contributed by atoms with Gasteiger partial charge in [-0.1, -0.05) is 11.6 Å². The molecule has 106 valence electrons. The normalized spacial score (nSPS) is 12.2. The fraction of sp³-hybridized carbons (Fsp3) is 0.286. The first-order valence-corrected chi connectivity index (χ1v) is 7.30. The topological polar surface area (TPSA) is 62.2 Å². The van der Waals surface area contributed by atoms with Crippen molar-refractivity contribution in [1.82, 2.24) is 4.98 Å². The van der Waals surface area contributed by atoms with E-state index in [9.17, 15) is 4.79 Å². The Hall–Kier alpha value is -1.59. The van der Waals surface area contributed by atoms with Crippen LogP contribution in [0.15, 0.2) is 18.3 Å². The van der Waals surface area contributed by atoms with Crippen LogP contribution in [0.2, 0.25) is 5.02 Å². The zero-order chi connectivity index (χ0) is 14.9. The monoisotopic (exact) mass is 310 g/mol. The number of hydrogen-bond donors (Lipinski definition) is 2. The smallest absolute Gasteiger partial charge is 0.346 e. The Morgan fingerprint density at radius 2 is 2.15 bits per heavy atom. The van der Waals surface area contributed by atoms with E-state index in [1.165, 1.54) is 11.3 Å². The van der Waals surface area contributed by atoms with E-state index >= 15 is 0 Å². The van der Waals surface area contributed by atoms with Crippen molar-refractivity contribution in [3.05, 3.63) is 44.4 Å². The van der Waals surface area contributed by atoms with Crippen molar-refractivity contribution in [3.63, 3.8) is 0 Å². The summed E-state index contributed by atoms with van der Waals surface area (Å²) in [6.07, 6.45) is 1.60. The van der Waals surface area contributed by atoms with Crippen LogP contribution >= 0.6 is 22.9 Å². The Kier molecular flexibility index (Phi) is 4.30. The van der Waals surface area contributed by atoms with E-state index in [1.54, 1.807) is 6.20 Å². The van der Waals surface area contributed by atoms with E-state index in [1.807, 2.05) is 32.9 Å². The first-order chi connectivity index (χ1) is 9.38. The van der Waals surface area contributed by atoms with Gasteiger partial charge in [-0.05, 0) is 38.5 Å². The maximum absolute atomic E-state index is 11.1. The van der Waals surface area contributed by atoms with Crippen LogP contribution in [0.3, 0.4) is 0 Å². The number of rotatable bonds is 4. The number of aryl methyl sites for hydroxylation is 2. The number of anilines is 1. The second kappa shape index (κ2) is 5.81. The molecule has 0 saturated heterocycles. The predicted molar refractivity (Wildman–Crippen MR) is 82.0 cm³/mol. The van der Waals surface area contributed by atoms with E-state index in [0.29, 0.717) is 9.90 Å². The number of aromatic nitrogens is 1. The van der Waals surface area contributed by atoms with Gasteiger partial charge in [-0.25, -0.2) is 4.79 Å². The average molecular weight is 311 g/mol. The maximum atomic E-state index is 11.1. The number of hydrogen-bond acceptors (Lipinski definition) is 4. The zero-order valence-electron chi connectivity index (χ0n) is 11.4. The molecule has 1 unspecified atom stereocenters. The van der Waals surface area contributed by atoms with Crippen molar-refractivity contribution >= 4 is 34.6 Å². The van der Waals surface area contributed by atoms with E-state index in [2.05, 4.69) is 10.3 Å². The third-order valence-corrected chi connectivity index (χ3v) is 4.60. The lowest BCUT2D eigenvalue weighted by Crippen LogP contribution is -2.06. The molecule has 2 heterocycles. The molecule has 1 atom stereocenters. The average Bonchev–Trinajstić information content (AvgIpc) is 2.76. The van der Waals surface area contributed by atoms with Crippen LogP contribution in [0.25, 0.3) is 0 Å². The van der Waals surface area contributed by atoms with E-state index in [0.717, 1.165) is 21.8 Å². The Bertz CT molecular complexity index is 655. The minimum absolute atomic E-state index is 0.00855. The largest absolute Gasteiger partial charge is 0.477 e. The standard InChI is InChI=1S/C14H15ClN2O2S/c1-7-4-12(20-13(7)14(18)19)9(3)17-11-5-10(15)6-16-8(11)2/h4-6,9,17H,1-3H3,(H,18,19). The molecule has 2 aromatic heterocycles. The Morgan fingerprint density at radius 3 is 2.75 bits per heavy atom. The Morgan fingerprint density at radius 1 is 1.45 bits per heavy atom. The van der Waals surface area contributed by atoms with Crippen LogP contribution in [0.5, 0.6) is 0 Å². The summed E-state index contributed by atoms with van der Waals surface area (Å²) in [5, 5.41) is 13.0. The fourth-order valence-corrected chi connectivity index (χ4v) is 3.06. The number of carboxylic acids is 1. The number of pyridine rings is 1. The second-order valence-electron chi connectivity index (χ2n) is 4.62. The molecule has 4 nitrogen and oxygen atoms in total. The van der Waals surface area contributed by atoms with Crippen molar-refractivity contribution in [2.45, 2.75) is 26.8 Å². The predicted octanol–water partition coefficient (Wildman–Crippen LogP) is 4.28. The highest BCUT2D eigenvalue weighted by Crippen LogP contribution is 2.30. The van der Waals surface area contributed by atoms with Crippen molar-refractivity contribution in [1.29, 1.82) is 0 Å². The summed E-state index contributed by atoms with van der Waals surface area (Å²) in [6, 6.07) is 3.71. The van der Waals surface area contributed by atoms with Gasteiger partial charge in [0, 0.05) is 11.1 Å². The van der Waals surface area contributed by atoms with E-state index < -0.39 is 5.97 Å². The molecule has 0 saturated carbocycles. The van der Waals surface area contributed by atoms with Crippen molar-refractivity contribution in [3.8, 4) is 0 Å². The van der Waals surface area contributed by atoms with Crippen molar-refractivity contribution < 1.29 is 9.90 Å². The van der Waals surface area contributed by atoms with Gasteiger partial charge in [0.1, 0.15) is 4.88 Å². The highest BCUT2D eigenvalue weighted by atomic mass is 35.5. The van der Waals surface area contributed by atoms with Crippen LogP contribution < -0.4 is 5.32 Å². The summed E-state index contributed by atoms with van der Waals surface area (Å²) >= 11 is 7.23. The van der Waals surface area contributed by atoms with Gasteiger partial charge in [0.25, 0.3) is 0 Å². The van der Waals surface area contributed by atoms with Gasteiger partial charge in [-0.3, -0.25) is 4.98 Å². The molecular formula is C14H15ClN2O2S. The highest BCUT2D eigenvalue weighted by molar-refractivity contribution is 7.14. The SMILES string of the molecule is Cc1cc(C(C)Nc2cc(Cl)cnc2C)sc1C(=O)O. The molecule has 6 heteroatoms. The van der Waals surface area contributed by atoms with Crippen LogP contribution in [0.4, 0.5) is 5.69 Å². The molecule has 0 amide bonds. The molecule has 0 fully saturated rings. The molecule has 0 spiro atoms. The van der Waals surface area contributed by atoms with Crippen molar-refractivity contribution in [2.24, 2.45) is 0 Å². The van der Waals surface area contributed by atoms with Crippen LogP contribution in [-0.2, 0) is 0 Å². The van der Waals surface area contributed by atoms with Gasteiger partial charge in [-0.2, -0.15) is 0 Å². The lowest BCUT2D eigenvalue weighted by molar-refractivity contribution is 0.0701. The molecule has 20 heavy (non-hydrogen) atoms. The number of aromatic carboxylic acids is 1. The summed E-state index contributed by atoms with van der Waals surface area (Å²) in [4.78, 5) is 16.6. The Labute approximate surface area is 126 Å². The molecule has 0 aliphatic carbocycles. The summed E-state index contributed by atoms with van der Waals surface area (Å²) in [7, 11) is 0. The molecule has 2 aromatic rings. The quantitative estimate of drug-likeness (QED) is 0.884. The van der Waals surface area contributed by atoms with Gasteiger partial charge in [0.2, 0.25) is 0 Å². The lowest BCUT2D eigenvalue weighted by atomic mass is 10.2. The summed E-state index contributed by atoms with van der Waals surface area (Å²) < 4.78 is 0. The van der Waals surface area contributed by atoms with Gasteiger partial charge in [0.05, 0.1) is 22.4 Å². The van der Waals surface area contributed by atoms with Crippen molar-refractivity contribution in [2.75, 3.05) is 5.32 Å². The highest BCUT2D eigenvalue weighted by Gasteiger charge is 2.16. The lowest BCUT2D eigenvalue weighted by Gasteiger charge is -2.15.